The molecule has 2 rings (SSSR count). The van der Waals surface area contributed by atoms with Crippen molar-refractivity contribution in [1.82, 2.24) is 15.0 Å². The highest BCUT2D eigenvalue weighted by Gasteiger charge is 2.17. The number of aromatic nitrogens is 3. The molecule has 1 atom stereocenters. The van der Waals surface area contributed by atoms with E-state index in [1.807, 2.05) is 0 Å². The minimum absolute atomic E-state index is 0.347. The van der Waals surface area contributed by atoms with Gasteiger partial charge < -0.3 is 14.6 Å². The van der Waals surface area contributed by atoms with Crippen LogP contribution >= 0.6 is 11.6 Å². The van der Waals surface area contributed by atoms with Gasteiger partial charge in [-0.25, -0.2) is 0 Å². The molecule has 0 bridgehead atoms. The van der Waals surface area contributed by atoms with Crippen molar-refractivity contribution in [2.75, 3.05) is 14.2 Å². The first-order chi connectivity index (χ1) is 9.55. The standard InChI is InChI=1S/C13H16ClN3O3/c1-17-7-9(15-16-17)6-11(18)8-4-10(14)13(20-3)12(5-8)19-2/h4-5,7,11,18H,6H2,1-3H3. The van der Waals surface area contributed by atoms with E-state index in [0.717, 1.165) is 0 Å². The molecule has 2 aromatic rings. The van der Waals surface area contributed by atoms with Gasteiger partial charge in [-0.3, -0.25) is 4.68 Å². The molecule has 0 aliphatic rings. The normalized spacial score (nSPS) is 12.2. The number of ether oxygens (including phenoxy) is 2. The highest BCUT2D eigenvalue weighted by atomic mass is 35.5. The van der Waals surface area contributed by atoms with Gasteiger partial charge in [0, 0.05) is 19.7 Å². The molecule has 0 spiro atoms. The number of methoxy groups -OCH3 is 2. The molecule has 0 saturated carbocycles. The highest BCUT2D eigenvalue weighted by molar-refractivity contribution is 6.32. The van der Waals surface area contributed by atoms with Crippen LogP contribution in [0, 0.1) is 0 Å². The number of hydrogen-bond donors (Lipinski definition) is 1. The summed E-state index contributed by atoms with van der Waals surface area (Å²) in [5, 5.41) is 18.4. The summed E-state index contributed by atoms with van der Waals surface area (Å²) in [6.45, 7) is 0. The van der Waals surface area contributed by atoms with Gasteiger partial charge in [0.1, 0.15) is 0 Å². The average molecular weight is 298 g/mol. The van der Waals surface area contributed by atoms with Crippen LogP contribution in [-0.4, -0.2) is 34.3 Å². The Bertz CT molecular complexity index is 601. The van der Waals surface area contributed by atoms with Crippen LogP contribution < -0.4 is 9.47 Å². The van der Waals surface area contributed by atoms with Crippen LogP contribution in [0.15, 0.2) is 18.3 Å². The van der Waals surface area contributed by atoms with E-state index in [2.05, 4.69) is 10.3 Å². The molecule has 1 heterocycles. The number of nitrogens with zero attached hydrogens (tertiary/aromatic N) is 3. The quantitative estimate of drug-likeness (QED) is 0.911. The van der Waals surface area contributed by atoms with E-state index < -0.39 is 6.10 Å². The topological polar surface area (TPSA) is 69.4 Å². The third-order valence-corrected chi connectivity index (χ3v) is 3.17. The summed E-state index contributed by atoms with van der Waals surface area (Å²) in [5.74, 6) is 0.929. The van der Waals surface area contributed by atoms with Crippen molar-refractivity contribution < 1.29 is 14.6 Å². The van der Waals surface area contributed by atoms with Crippen LogP contribution in [0.1, 0.15) is 17.4 Å². The van der Waals surface area contributed by atoms with Crippen molar-refractivity contribution in [3.05, 3.63) is 34.6 Å². The van der Waals surface area contributed by atoms with Crippen LogP contribution in [0.3, 0.4) is 0 Å². The lowest BCUT2D eigenvalue weighted by Gasteiger charge is -2.14. The van der Waals surface area contributed by atoms with E-state index in [9.17, 15) is 5.11 Å². The van der Waals surface area contributed by atoms with Crippen molar-refractivity contribution in [2.45, 2.75) is 12.5 Å². The molecule has 0 saturated heterocycles. The maximum Gasteiger partial charge on any atom is 0.179 e. The molecule has 1 N–H and O–H groups in total. The van der Waals surface area contributed by atoms with Crippen LogP contribution in [0.25, 0.3) is 0 Å². The molecule has 6 nitrogen and oxygen atoms in total. The highest BCUT2D eigenvalue weighted by Crippen LogP contribution is 2.38. The van der Waals surface area contributed by atoms with Gasteiger partial charge in [0.05, 0.1) is 31.0 Å². The fourth-order valence-corrected chi connectivity index (χ4v) is 2.23. The van der Waals surface area contributed by atoms with Gasteiger partial charge in [0.15, 0.2) is 11.5 Å². The average Bonchev–Trinajstić information content (AvgIpc) is 2.82. The first-order valence-electron chi connectivity index (χ1n) is 5.99. The lowest BCUT2D eigenvalue weighted by atomic mass is 10.0. The maximum atomic E-state index is 10.3. The van der Waals surface area contributed by atoms with Crippen molar-refractivity contribution in [2.24, 2.45) is 7.05 Å². The zero-order valence-electron chi connectivity index (χ0n) is 11.5. The number of aliphatic hydroxyl groups excluding tert-OH is 1. The third kappa shape index (κ3) is 3.02. The van der Waals surface area contributed by atoms with Gasteiger partial charge in [-0.1, -0.05) is 16.8 Å². The van der Waals surface area contributed by atoms with Crippen molar-refractivity contribution in [3.8, 4) is 11.5 Å². The Labute approximate surface area is 121 Å². The number of hydrogen-bond acceptors (Lipinski definition) is 5. The predicted octanol–water partition coefficient (Wildman–Crippen LogP) is 1.76. The zero-order chi connectivity index (χ0) is 14.7. The summed E-state index contributed by atoms with van der Waals surface area (Å²) in [6.07, 6.45) is 1.36. The molecule has 0 aliphatic carbocycles. The van der Waals surface area contributed by atoms with Gasteiger partial charge in [-0.05, 0) is 17.7 Å². The fraction of sp³-hybridized carbons (Fsp3) is 0.385. The van der Waals surface area contributed by atoms with E-state index in [0.29, 0.717) is 34.2 Å². The third-order valence-electron chi connectivity index (χ3n) is 2.89. The molecular weight excluding hydrogens is 282 g/mol. The number of aryl methyl sites for hydroxylation is 1. The first-order valence-corrected chi connectivity index (χ1v) is 6.37. The number of aliphatic hydroxyl groups is 1. The molecule has 0 fully saturated rings. The Balaban J connectivity index is 2.25. The summed E-state index contributed by atoms with van der Waals surface area (Å²) in [7, 11) is 4.81. The molecule has 7 heteroatoms. The molecule has 0 amide bonds. The summed E-state index contributed by atoms with van der Waals surface area (Å²) in [4.78, 5) is 0. The van der Waals surface area contributed by atoms with E-state index in [1.54, 1.807) is 30.1 Å². The smallest absolute Gasteiger partial charge is 0.179 e. The van der Waals surface area contributed by atoms with Crippen LogP contribution in [0.5, 0.6) is 11.5 Å². The van der Waals surface area contributed by atoms with Gasteiger partial charge in [0.2, 0.25) is 0 Å². The SMILES string of the molecule is COc1cc(C(O)Cc2cn(C)nn2)cc(Cl)c1OC. The molecule has 108 valence electrons. The van der Waals surface area contributed by atoms with Crippen molar-refractivity contribution in [3.63, 3.8) is 0 Å². The number of rotatable bonds is 5. The minimum atomic E-state index is -0.746. The predicted molar refractivity (Wildman–Crippen MR) is 74.2 cm³/mol. The van der Waals surface area contributed by atoms with E-state index in [1.165, 1.54) is 14.2 Å². The summed E-state index contributed by atoms with van der Waals surface area (Å²) < 4.78 is 12.0. The lowest BCUT2D eigenvalue weighted by Crippen LogP contribution is -2.03. The molecule has 20 heavy (non-hydrogen) atoms. The molecule has 1 aromatic heterocycles. The molecule has 1 aromatic carbocycles. The molecule has 0 radical (unpaired) electrons. The van der Waals surface area contributed by atoms with Gasteiger partial charge in [0.25, 0.3) is 0 Å². The largest absolute Gasteiger partial charge is 0.493 e. The van der Waals surface area contributed by atoms with E-state index in [-0.39, 0.29) is 0 Å². The Morgan fingerprint density at radius 2 is 2.10 bits per heavy atom. The Kier molecular flexibility index (Phi) is 4.46. The lowest BCUT2D eigenvalue weighted by molar-refractivity contribution is 0.176. The second kappa shape index (κ2) is 6.11. The Morgan fingerprint density at radius 3 is 2.65 bits per heavy atom. The molecule has 0 aliphatic heterocycles. The second-order valence-corrected chi connectivity index (χ2v) is 4.75. The van der Waals surface area contributed by atoms with Crippen LogP contribution in [0.4, 0.5) is 0 Å². The Hall–Kier alpha value is -1.79. The monoisotopic (exact) mass is 297 g/mol. The van der Waals surface area contributed by atoms with Crippen LogP contribution in [0.2, 0.25) is 5.02 Å². The fourth-order valence-electron chi connectivity index (χ4n) is 1.94. The van der Waals surface area contributed by atoms with E-state index >= 15 is 0 Å². The van der Waals surface area contributed by atoms with E-state index in [4.69, 9.17) is 21.1 Å². The summed E-state index contributed by atoms with van der Waals surface area (Å²) in [6, 6.07) is 3.36. The summed E-state index contributed by atoms with van der Waals surface area (Å²) >= 11 is 6.12. The minimum Gasteiger partial charge on any atom is -0.493 e. The molecule has 1 unspecified atom stereocenters. The molecular formula is C13H16ClN3O3. The number of benzene rings is 1. The summed E-state index contributed by atoms with van der Waals surface area (Å²) in [5.41, 5.74) is 1.34. The van der Waals surface area contributed by atoms with Crippen molar-refractivity contribution >= 4 is 11.6 Å². The van der Waals surface area contributed by atoms with Gasteiger partial charge >= 0.3 is 0 Å². The Morgan fingerprint density at radius 1 is 1.35 bits per heavy atom. The number of halogens is 1. The van der Waals surface area contributed by atoms with Crippen molar-refractivity contribution in [1.29, 1.82) is 0 Å². The first kappa shape index (κ1) is 14.6. The van der Waals surface area contributed by atoms with Gasteiger partial charge in [-0.15, -0.1) is 5.10 Å². The van der Waals surface area contributed by atoms with Gasteiger partial charge in [-0.2, -0.15) is 0 Å². The zero-order valence-corrected chi connectivity index (χ0v) is 12.3. The second-order valence-electron chi connectivity index (χ2n) is 4.34. The maximum absolute atomic E-state index is 10.3. The van der Waals surface area contributed by atoms with Crippen LogP contribution in [-0.2, 0) is 13.5 Å².